The molecule has 5 heteroatoms. The predicted molar refractivity (Wildman–Crippen MR) is 35.5 cm³/mol. The first-order valence-corrected chi connectivity index (χ1v) is 2.83. The van der Waals surface area contributed by atoms with Gasteiger partial charge in [-0.3, -0.25) is 0 Å². The molecule has 0 spiro atoms. The van der Waals surface area contributed by atoms with Crippen molar-refractivity contribution in [2.45, 2.75) is 12.5 Å². The molecule has 2 nitrogen and oxygen atoms in total. The lowest BCUT2D eigenvalue weighted by atomic mass is 10.1. The van der Waals surface area contributed by atoms with Crippen LogP contribution in [0.4, 0.5) is 8.78 Å². The Morgan fingerprint density at radius 3 is 2.20 bits per heavy atom. The number of halogens is 3. The van der Waals surface area contributed by atoms with Gasteiger partial charge in [-0.05, 0) is 0 Å². The Morgan fingerprint density at radius 1 is 1.40 bits per heavy atom. The summed E-state index contributed by atoms with van der Waals surface area (Å²) in [5.74, 6) is -0.745. The van der Waals surface area contributed by atoms with Crippen LogP contribution in [0.25, 0.3) is 0 Å². The lowest BCUT2D eigenvalue weighted by molar-refractivity contribution is 0.0626. The minimum Gasteiger partial charge on any atom is -0.379 e. The van der Waals surface area contributed by atoms with Gasteiger partial charge in [-0.2, -0.15) is 0 Å². The molecule has 1 aliphatic rings. The molecule has 2 N–H and O–H groups in total. The van der Waals surface area contributed by atoms with Crippen LogP contribution in [-0.4, -0.2) is 25.7 Å². The van der Waals surface area contributed by atoms with Crippen molar-refractivity contribution in [3.63, 3.8) is 0 Å². The second-order valence-electron chi connectivity index (χ2n) is 2.20. The van der Waals surface area contributed by atoms with Crippen molar-refractivity contribution in [1.29, 1.82) is 0 Å². The Kier molecular flexibility index (Phi) is 4.08. The van der Waals surface area contributed by atoms with Gasteiger partial charge in [-0.25, -0.2) is 8.78 Å². The third kappa shape index (κ3) is 2.04. The molecule has 0 amide bonds. The summed E-state index contributed by atoms with van der Waals surface area (Å²) in [6.07, 6.45) is -2.33. The van der Waals surface area contributed by atoms with E-state index in [1.807, 2.05) is 0 Å². The van der Waals surface area contributed by atoms with Crippen LogP contribution in [0.5, 0.6) is 0 Å². The Hall–Kier alpha value is 0.0700. The van der Waals surface area contributed by atoms with Crippen molar-refractivity contribution >= 4 is 12.4 Å². The number of nitrogens with two attached hydrogens (primary N) is 1. The molecule has 0 aliphatic carbocycles. The van der Waals surface area contributed by atoms with Gasteiger partial charge >= 0.3 is 0 Å². The average molecular weight is 174 g/mol. The predicted octanol–water partition coefficient (Wildman–Crippen LogP) is 0.647. The fourth-order valence-electron chi connectivity index (χ4n) is 0.847. The molecule has 2 atom stereocenters. The van der Waals surface area contributed by atoms with E-state index in [4.69, 9.17) is 10.5 Å². The van der Waals surface area contributed by atoms with Gasteiger partial charge in [-0.1, -0.05) is 0 Å². The molecule has 1 heterocycles. The maximum atomic E-state index is 11.8. The zero-order valence-corrected chi connectivity index (χ0v) is 6.11. The second kappa shape index (κ2) is 4.05. The molecule has 1 rings (SSSR count). The lowest BCUT2D eigenvalue weighted by Crippen LogP contribution is -2.32. The van der Waals surface area contributed by atoms with E-state index in [2.05, 4.69) is 0 Å². The maximum Gasteiger partial charge on any atom is 0.245 e. The van der Waals surface area contributed by atoms with Gasteiger partial charge in [0.2, 0.25) is 6.43 Å². The monoisotopic (exact) mass is 173 g/mol. The third-order valence-electron chi connectivity index (χ3n) is 1.49. The third-order valence-corrected chi connectivity index (χ3v) is 1.49. The van der Waals surface area contributed by atoms with E-state index < -0.39 is 18.4 Å². The summed E-state index contributed by atoms with van der Waals surface area (Å²) >= 11 is 0. The molecule has 0 saturated carbocycles. The summed E-state index contributed by atoms with van der Waals surface area (Å²) in [5, 5.41) is 0. The molecular formula is C5H10ClF2NO. The van der Waals surface area contributed by atoms with E-state index in [-0.39, 0.29) is 25.6 Å². The van der Waals surface area contributed by atoms with Crippen molar-refractivity contribution in [2.24, 2.45) is 11.7 Å². The van der Waals surface area contributed by atoms with Crippen molar-refractivity contribution in [3.05, 3.63) is 0 Å². The Balaban J connectivity index is 0.000000810. The minimum absolute atomic E-state index is 0. The van der Waals surface area contributed by atoms with Crippen LogP contribution in [0.2, 0.25) is 0 Å². The van der Waals surface area contributed by atoms with E-state index in [0.29, 0.717) is 0 Å². The molecule has 1 aliphatic heterocycles. The van der Waals surface area contributed by atoms with E-state index in [1.54, 1.807) is 0 Å². The smallest absolute Gasteiger partial charge is 0.245 e. The first-order chi connectivity index (χ1) is 4.22. The van der Waals surface area contributed by atoms with Gasteiger partial charge in [0.15, 0.2) is 0 Å². The molecule has 0 aromatic carbocycles. The average Bonchev–Trinajstić information content (AvgIpc) is 2.13. The van der Waals surface area contributed by atoms with Gasteiger partial charge in [0, 0.05) is 6.04 Å². The van der Waals surface area contributed by atoms with Crippen molar-refractivity contribution in [3.8, 4) is 0 Å². The summed E-state index contributed by atoms with van der Waals surface area (Å²) in [4.78, 5) is 0. The van der Waals surface area contributed by atoms with E-state index in [9.17, 15) is 8.78 Å². The van der Waals surface area contributed by atoms with E-state index in [0.717, 1.165) is 0 Å². The fraction of sp³-hybridized carbons (Fsp3) is 1.00. The second-order valence-corrected chi connectivity index (χ2v) is 2.20. The van der Waals surface area contributed by atoms with E-state index >= 15 is 0 Å². The zero-order chi connectivity index (χ0) is 6.85. The zero-order valence-electron chi connectivity index (χ0n) is 5.30. The van der Waals surface area contributed by atoms with Crippen molar-refractivity contribution in [2.75, 3.05) is 13.2 Å². The summed E-state index contributed by atoms with van der Waals surface area (Å²) in [6, 6.07) is -0.468. The van der Waals surface area contributed by atoms with Gasteiger partial charge in [0.05, 0.1) is 19.1 Å². The summed E-state index contributed by atoms with van der Waals surface area (Å²) in [5.41, 5.74) is 5.27. The van der Waals surface area contributed by atoms with Gasteiger partial charge < -0.3 is 10.5 Å². The quantitative estimate of drug-likeness (QED) is 0.632. The first-order valence-electron chi connectivity index (χ1n) is 2.83. The highest BCUT2D eigenvalue weighted by molar-refractivity contribution is 5.85. The number of hydrogen-bond acceptors (Lipinski definition) is 2. The molecular weight excluding hydrogens is 164 g/mol. The Bertz CT molecular complexity index is 104. The van der Waals surface area contributed by atoms with Crippen LogP contribution in [0.15, 0.2) is 0 Å². The van der Waals surface area contributed by atoms with Crippen molar-refractivity contribution in [1.82, 2.24) is 0 Å². The topological polar surface area (TPSA) is 35.2 Å². The number of alkyl halides is 2. The van der Waals surface area contributed by atoms with Crippen LogP contribution in [0.3, 0.4) is 0 Å². The molecule has 1 fully saturated rings. The molecule has 1 saturated heterocycles. The molecule has 0 bridgehead atoms. The van der Waals surface area contributed by atoms with Crippen LogP contribution in [0, 0.1) is 5.92 Å². The lowest BCUT2D eigenvalue weighted by Gasteiger charge is -2.09. The molecule has 10 heavy (non-hydrogen) atoms. The highest BCUT2D eigenvalue weighted by Crippen LogP contribution is 2.18. The first kappa shape index (κ1) is 10.1. The fourth-order valence-corrected chi connectivity index (χ4v) is 0.847. The highest BCUT2D eigenvalue weighted by Gasteiger charge is 2.32. The number of hydrogen-bond donors (Lipinski definition) is 1. The minimum atomic E-state index is -2.33. The normalized spacial score (nSPS) is 32.4. The molecule has 62 valence electrons. The van der Waals surface area contributed by atoms with Gasteiger partial charge in [0.1, 0.15) is 0 Å². The number of rotatable bonds is 1. The Morgan fingerprint density at radius 2 is 2.00 bits per heavy atom. The molecule has 2 unspecified atom stereocenters. The summed E-state index contributed by atoms with van der Waals surface area (Å²) in [7, 11) is 0. The van der Waals surface area contributed by atoms with Crippen LogP contribution in [-0.2, 0) is 4.74 Å². The maximum absolute atomic E-state index is 11.8. The Labute approximate surface area is 64.1 Å². The molecule has 0 radical (unpaired) electrons. The van der Waals surface area contributed by atoms with Crippen LogP contribution in [0.1, 0.15) is 0 Å². The van der Waals surface area contributed by atoms with E-state index in [1.165, 1.54) is 0 Å². The molecule has 0 aromatic heterocycles. The van der Waals surface area contributed by atoms with Gasteiger partial charge in [-0.15, -0.1) is 12.4 Å². The highest BCUT2D eigenvalue weighted by atomic mass is 35.5. The van der Waals surface area contributed by atoms with Crippen LogP contribution < -0.4 is 5.73 Å². The van der Waals surface area contributed by atoms with Gasteiger partial charge in [0.25, 0.3) is 0 Å². The summed E-state index contributed by atoms with van der Waals surface area (Å²) in [6.45, 7) is 0.383. The molecule has 0 aromatic rings. The SMILES string of the molecule is Cl.NC1COCC1C(F)F. The standard InChI is InChI=1S/C5H9F2NO.ClH/c6-5(7)3-1-9-2-4(3)8;/h3-5H,1-2,8H2;1H. The van der Waals surface area contributed by atoms with Crippen LogP contribution >= 0.6 is 12.4 Å². The number of ether oxygens (including phenoxy) is 1. The summed E-state index contributed by atoms with van der Waals surface area (Å²) < 4.78 is 28.4. The van der Waals surface area contributed by atoms with Crippen molar-refractivity contribution < 1.29 is 13.5 Å². The largest absolute Gasteiger partial charge is 0.379 e.